The molecular formula is C17H20N2O. The summed E-state index contributed by atoms with van der Waals surface area (Å²) in [5, 5.41) is 9.27. The van der Waals surface area contributed by atoms with Crippen LogP contribution >= 0.6 is 0 Å². The molecule has 0 aliphatic carbocycles. The van der Waals surface area contributed by atoms with Crippen LogP contribution in [0.25, 0.3) is 11.1 Å². The second kappa shape index (κ2) is 5.16. The second-order valence-electron chi connectivity index (χ2n) is 5.64. The first-order valence-corrected chi connectivity index (χ1v) is 7.20. The predicted octanol–water partition coefficient (Wildman–Crippen LogP) is 3.62. The smallest absolute Gasteiger partial charge is 0.210 e. The molecule has 20 heavy (non-hydrogen) atoms. The Hall–Kier alpha value is -2.03. The van der Waals surface area contributed by atoms with E-state index in [4.69, 9.17) is 0 Å². The van der Waals surface area contributed by atoms with Crippen LogP contribution in [-0.4, -0.2) is 22.7 Å². The fourth-order valence-electron chi connectivity index (χ4n) is 2.90. The first kappa shape index (κ1) is 13.0. The molecule has 0 saturated carbocycles. The molecule has 0 bridgehead atoms. The average Bonchev–Trinajstić information content (AvgIpc) is 2.46. The van der Waals surface area contributed by atoms with E-state index < -0.39 is 0 Å². The lowest BCUT2D eigenvalue weighted by molar-refractivity contribution is 0.453. The maximum Gasteiger partial charge on any atom is 0.210 e. The molecule has 2 aromatic rings. The summed E-state index contributed by atoms with van der Waals surface area (Å²) in [6.07, 6.45) is 4.07. The van der Waals surface area contributed by atoms with E-state index in [0.717, 1.165) is 18.5 Å². The Bertz CT molecular complexity index is 605. The number of fused-ring (bicyclic) bond motifs is 1. The van der Waals surface area contributed by atoms with Gasteiger partial charge >= 0.3 is 0 Å². The zero-order valence-corrected chi connectivity index (χ0v) is 12.0. The van der Waals surface area contributed by atoms with Gasteiger partial charge in [0, 0.05) is 36.1 Å². The minimum Gasteiger partial charge on any atom is -0.493 e. The number of hydrogen-bond donors (Lipinski definition) is 1. The Balaban J connectivity index is 1.99. The highest BCUT2D eigenvalue weighted by Gasteiger charge is 2.19. The van der Waals surface area contributed by atoms with Gasteiger partial charge in [-0.3, -0.25) is 0 Å². The second-order valence-corrected chi connectivity index (χ2v) is 5.64. The molecule has 0 unspecified atom stereocenters. The Labute approximate surface area is 119 Å². The van der Waals surface area contributed by atoms with Crippen molar-refractivity contribution in [3.8, 4) is 17.0 Å². The molecule has 0 saturated heterocycles. The van der Waals surface area contributed by atoms with Crippen LogP contribution < -0.4 is 4.90 Å². The highest BCUT2D eigenvalue weighted by molar-refractivity contribution is 5.69. The standard InChI is InChI=1S/C17H20N2O/c1-12(2)19-9-3-4-14-10-13(5-7-16(14)19)15-6-8-17(20)18-11-15/h5-8,10-12H,3-4,9H2,1-2H3,(H,18,20). The number of aromatic hydroxyl groups is 1. The lowest BCUT2D eigenvalue weighted by Gasteiger charge is -2.35. The molecule has 3 nitrogen and oxygen atoms in total. The molecule has 1 aliphatic rings. The van der Waals surface area contributed by atoms with Crippen LogP contribution in [0.4, 0.5) is 5.69 Å². The number of benzene rings is 1. The van der Waals surface area contributed by atoms with Crippen molar-refractivity contribution < 1.29 is 5.11 Å². The molecule has 1 N–H and O–H groups in total. The van der Waals surface area contributed by atoms with Crippen molar-refractivity contribution in [1.82, 2.24) is 4.98 Å². The summed E-state index contributed by atoms with van der Waals surface area (Å²) in [4.78, 5) is 6.43. The summed E-state index contributed by atoms with van der Waals surface area (Å²) in [5.74, 6) is 0.0673. The summed E-state index contributed by atoms with van der Waals surface area (Å²) >= 11 is 0. The van der Waals surface area contributed by atoms with Gasteiger partial charge in [0.15, 0.2) is 0 Å². The first-order valence-electron chi connectivity index (χ1n) is 7.20. The Morgan fingerprint density at radius 3 is 2.65 bits per heavy atom. The van der Waals surface area contributed by atoms with E-state index >= 15 is 0 Å². The largest absolute Gasteiger partial charge is 0.493 e. The highest BCUT2D eigenvalue weighted by Crippen LogP contribution is 2.32. The highest BCUT2D eigenvalue weighted by atomic mass is 16.3. The quantitative estimate of drug-likeness (QED) is 0.903. The lowest BCUT2D eigenvalue weighted by atomic mass is 9.96. The molecular weight excluding hydrogens is 248 g/mol. The van der Waals surface area contributed by atoms with Crippen LogP contribution in [0.2, 0.25) is 0 Å². The number of nitrogens with zero attached hydrogens (tertiary/aromatic N) is 2. The number of rotatable bonds is 2. The molecule has 1 aromatic carbocycles. The SMILES string of the molecule is CC(C)N1CCCc2cc(-c3ccc(O)nc3)ccc21. The molecule has 2 heterocycles. The van der Waals surface area contributed by atoms with E-state index in [-0.39, 0.29) is 5.88 Å². The fourth-order valence-corrected chi connectivity index (χ4v) is 2.90. The summed E-state index contributed by atoms with van der Waals surface area (Å²) in [7, 11) is 0. The molecule has 0 atom stereocenters. The number of aromatic nitrogens is 1. The van der Waals surface area contributed by atoms with E-state index in [1.54, 1.807) is 12.3 Å². The van der Waals surface area contributed by atoms with Gasteiger partial charge in [0.05, 0.1) is 0 Å². The third-order valence-corrected chi connectivity index (χ3v) is 3.94. The van der Waals surface area contributed by atoms with Crippen molar-refractivity contribution in [2.75, 3.05) is 11.4 Å². The van der Waals surface area contributed by atoms with Gasteiger partial charge < -0.3 is 10.0 Å². The van der Waals surface area contributed by atoms with Crippen molar-refractivity contribution in [3.63, 3.8) is 0 Å². The molecule has 0 amide bonds. The normalized spacial score (nSPS) is 14.4. The number of aryl methyl sites for hydroxylation is 1. The van der Waals surface area contributed by atoms with Crippen molar-refractivity contribution >= 4 is 5.69 Å². The van der Waals surface area contributed by atoms with Crippen molar-refractivity contribution in [1.29, 1.82) is 0 Å². The number of hydrogen-bond acceptors (Lipinski definition) is 3. The van der Waals surface area contributed by atoms with E-state index in [1.165, 1.54) is 23.2 Å². The van der Waals surface area contributed by atoms with Crippen LogP contribution in [0.3, 0.4) is 0 Å². The van der Waals surface area contributed by atoms with Crippen LogP contribution in [0.1, 0.15) is 25.8 Å². The van der Waals surface area contributed by atoms with E-state index in [1.807, 2.05) is 6.07 Å². The summed E-state index contributed by atoms with van der Waals surface area (Å²) in [6, 6.07) is 10.7. The monoisotopic (exact) mass is 268 g/mol. The molecule has 3 heteroatoms. The van der Waals surface area contributed by atoms with Gasteiger partial charge in [-0.25, -0.2) is 4.98 Å². The van der Waals surface area contributed by atoms with E-state index in [2.05, 4.69) is 41.9 Å². The fraction of sp³-hybridized carbons (Fsp3) is 0.353. The minimum absolute atomic E-state index is 0.0673. The third-order valence-electron chi connectivity index (χ3n) is 3.94. The molecule has 1 aromatic heterocycles. The molecule has 0 fully saturated rings. The molecule has 104 valence electrons. The Morgan fingerprint density at radius 2 is 1.95 bits per heavy atom. The van der Waals surface area contributed by atoms with E-state index in [0.29, 0.717) is 6.04 Å². The molecule has 3 rings (SSSR count). The Morgan fingerprint density at radius 1 is 1.15 bits per heavy atom. The van der Waals surface area contributed by atoms with Crippen LogP contribution in [0, 0.1) is 0 Å². The molecule has 0 radical (unpaired) electrons. The lowest BCUT2D eigenvalue weighted by Crippen LogP contribution is -2.35. The van der Waals surface area contributed by atoms with Crippen molar-refractivity contribution in [2.45, 2.75) is 32.7 Å². The topological polar surface area (TPSA) is 36.4 Å². The van der Waals surface area contributed by atoms with Crippen LogP contribution in [-0.2, 0) is 6.42 Å². The van der Waals surface area contributed by atoms with Crippen molar-refractivity contribution in [3.05, 3.63) is 42.1 Å². The van der Waals surface area contributed by atoms with Crippen LogP contribution in [0.5, 0.6) is 5.88 Å². The third kappa shape index (κ3) is 2.36. The molecule has 0 spiro atoms. The van der Waals surface area contributed by atoms with Gasteiger partial charge in [0.25, 0.3) is 0 Å². The molecule has 1 aliphatic heterocycles. The minimum atomic E-state index is 0.0673. The Kier molecular flexibility index (Phi) is 3.35. The van der Waals surface area contributed by atoms with Gasteiger partial charge in [-0.05, 0) is 56.0 Å². The van der Waals surface area contributed by atoms with Crippen molar-refractivity contribution in [2.24, 2.45) is 0 Å². The maximum atomic E-state index is 9.27. The average molecular weight is 268 g/mol. The van der Waals surface area contributed by atoms with Gasteiger partial charge in [-0.15, -0.1) is 0 Å². The number of pyridine rings is 1. The zero-order chi connectivity index (χ0) is 14.1. The summed E-state index contributed by atoms with van der Waals surface area (Å²) in [6.45, 7) is 5.63. The summed E-state index contributed by atoms with van der Waals surface area (Å²) < 4.78 is 0. The van der Waals surface area contributed by atoms with Gasteiger partial charge in [0.2, 0.25) is 5.88 Å². The van der Waals surface area contributed by atoms with Gasteiger partial charge in [-0.2, -0.15) is 0 Å². The van der Waals surface area contributed by atoms with Gasteiger partial charge in [-0.1, -0.05) is 6.07 Å². The predicted molar refractivity (Wildman–Crippen MR) is 82.1 cm³/mol. The summed E-state index contributed by atoms with van der Waals surface area (Å²) in [5.41, 5.74) is 4.99. The maximum absolute atomic E-state index is 9.27. The first-order chi connectivity index (χ1) is 9.65. The zero-order valence-electron chi connectivity index (χ0n) is 12.0. The van der Waals surface area contributed by atoms with Gasteiger partial charge in [0.1, 0.15) is 0 Å². The van der Waals surface area contributed by atoms with E-state index in [9.17, 15) is 5.11 Å². The van der Waals surface area contributed by atoms with Crippen LogP contribution in [0.15, 0.2) is 36.5 Å². The number of anilines is 1.